The lowest BCUT2D eigenvalue weighted by molar-refractivity contribution is 0.0613. The number of likely N-dealkylation sites (tertiary alicyclic amines) is 1. The van der Waals surface area contributed by atoms with E-state index in [9.17, 15) is 0 Å². The maximum absolute atomic E-state index is 5.86. The fourth-order valence-electron chi connectivity index (χ4n) is 4.83. The first-order chi connectivity index (χ1) is 8.81. The first kappa shape index (κ1) is 12.9. The highest BCUT2D eigenvalue weighted by molar-refractivity contribution is 4.92. The molecular weight excluding hydrogens is 220 g/mol. The summed E-state index contributed by atoms with van der Waals surface area (Å²) in [6, 6.07) is 0.894. The molecule has 1 atom stereocenters. The molecule has 18 heavy (non-hydrogen) atoms. The van der Waals surface area contributed by atoms with Crippen LogP contribution >= 0.6 is 0 Å². The van der Waals surface area contributed by atoms with Crippen molar-refractivity contribution in [2.45, 2.75) is 70.3 Å². The molecule has 3 fully saturated rings. The molecule has 2 heteroatoms. The van der Waals surface area contributed by atoms with Gasteiger partial charge in [-0.3, -0.25) is 0 Å². The Balaban J connectivity index is 1.52. The van der Waals surface area contributed by atoms with Gasteiger partial charge in [0.2, 0.25) is 0 Å². The summed E-state index contributed by atoms with van der Waals surface area (Å²) in [4.78, 5) is 2.78. The number of hydrogen-bond donors (Lipinski definition) is 1. The Morgan fingerprint density at radius 2 is 1.67 bits per heavy atom. The van der Waals surface area contributed by atoms with Gasteiger partial charge in [0.05, 0.1) is 0 Å². The van der Waals surface area contributed by atoms with Gasteiger partial charge in [-0.15, -0.1) is 0 Å². The van der Waals surface area contributed by atoms with Gasteiger partial charge in [-0.1, -0.05) is 12.8 Å². The molecule has 0 bridgehead atoms. The molecule has 1 saturated heterocycles. The number of piperidine rings is 1. The Morgan fingerprint density at radius 3 is 2.33 bits per heavy atom. The Morgan fingerprint density at radius 1 is 0.944 bits per heavy atom. The maximum Gasteiger partial charge on any atom is 0.00957 e. The average Bonchev–Trinajstić information content (AvgIpc) is 2.88. The Kier molecular flexibility index (Phi) is 3.95. The summed E-state index contributed by atoms with van der Waals surface area (Å²) in [6.45, 7) is 3.52. The van der Waals surface area contributed by atoms with E-state index in [1.54, 1.807) is 0 Å². The molecular formula is C16H30N2. The lowest BCUT2D eigenvalue weighted by atomic mass is 9.71. The molecule has 2 saturated carbocycles. The standard InChI is InChI=1S/C16H30N2/c17-12-14-4-3-11-18(13-14)15-5-9-16(10-6-15)7-1-2-8-16/h14-15H,1-13,17H2. The molecule has 1 aliphatic heterocycles. The van der Waals surface area contributed by atoms with Crippen molar-refractivity contribution in [1.82, 2.24) is 4.90 Å². The maximum atomic E-state index is 5.86. The third kappa shape index (κ3) is 2.60. The summed E-state index contributed by atoms with van der Waals surface area (Å²) < 4.78 is 0. The van der Waals surface area contributed by atoms with Crippen molar-refractivity contribution in [3.05, 3.63) is 0 Å². The largest absolute Gasteiger partial charge is 0.330 e. The molecule has 3 rings (SSSR count). The summed E-state index contributed by atoms with van der Waals surface area (Å²) in [5.41, 5.74) is 6.65. The quantitative estimate of drug-likeness (QED) is 0.815. The molecule has 1 heterocycles. The Bertz CT molecular complexity index is 260. The number of rotatable bonds is 2. The fraction of sp³-hybridized carbons (Fsp3) is 1.00. The monoisotopic (exact) mass is 250 g/mol. The second-order valence-corrected chi connectivity index (χ2v) is 7.18. The molecule has 2 aliphatic carbocycles. The highest BCUT2D eigenvalue weighted by Crippen LogP contribution is 2.49. The van der Waals surface area contributed by atoms with E-state index in [0.29, 0.717) is 0 Å². The van der Waals surface area contributed by atoms with Crippen LogP contribution in [0.2, 0.25) is 0 Å². The first-order valence-corrected chi connectivity index (χ1v) is 8.25. The number of nitrogens with two attached hydrogens (primary N) is 1. The minimum atomic E-state index is 0.779. The predicted molar refractivity (Wildman–Crippen MR) is 76.5 cm³/mol. The third-order valence-electron chi connectivity index (χ3n) is 6.08. The van der Waals surface area contributed by atoms with Gasteiger partial charge in [0, 0.05) is 12.6 Å². The van der Waals surface area contributed by atoms with Crippen LogP contribution in [0.4, 0.5) is 0 Å². The molecule has 0 radical (unpaired) electrons. The van der Waals surface area contributed by atoms with Gasteiger partial charge in [-0.05, 0) is 75.8 Å². The van der Waals surface area contributed by atoms with Gasteiger partial charge in [0.25, 0.3) is 0 Å². The highest BCUT2D eigenvalue weighted by atomic mass is 15.2. The van der Waals surface area contributed by atoms with Crippen LogP contribution in [0.25, 0.3) is 0 Å². The lowest BCUT2D eigenvalue weighted by Gasteiger charge is -2.44. The zero-order valence-electron chi connectivity index (χ0n) is 11.9. The summed E-state index contributed by atoms with van der Waals surface area (Å²) in [6.07, 6.45) is 14.8. The molecule has 0 aromatic rings. The van der Waals surface area contributed by atoms with Crippen LogP contribution in [0, 0.1) is 11.3 Å². The van der Waals surface area contributed by atoms with Crippen molar-refractivity contribution >= 4 is 0 Å². The number of hydrogen-bond acceptors (Lipinski definition) is 2. The Hall–Kier alpha value is -0.0800. The molecule has 0 aromatic carbocycles. The third-order valence-corrected chi connectivity index (χ3v) is 6.08. The summed E-state index contributed by atoms with van der Waals surface area (Å²) in [5, 5.41) is 0. The molecule has 0 aromatic heterocycles. The van der Waals surface area contributed by atoms with Gasteiger partial charge in [-0.2, -0.15) is 0 Å². The van der Waals surface area contributed by atoms with E-state index in [2.05, 4.69) is 4.90 Å². The van der Waals surface area contributed by atoms with Crippen molar-refractivity contribution < 1.29 is 0 Å². The van der Waals surface area contributed by atoms with Gasteiger partial charge < -0.3 is 10.6 Å². The van der Waals surface area contributed by atoms with E-state index >= 15 is 0 Å². The second-order valence-electron chi connectivity index (χ2n) is 7.18. The van der Waals surface area contributed by atoms with Crippen LogP contribution in [0.1, 0.15) is 64.2 Å². The summed E-state index contributed by atoms with van der Waals surface area (Å²) >= 11 is 0. The van der Waals surface area contributed by atoms with Crippen molar-refractivity contribution in [3.63, 3.8) is 0 Å². The second kappa shape index (κ2) is 5.50. The van der Waals surface area contributed by atoms with E-state index in [0.717, 1.165) is 23.9 Å². The van der Waals surface area contributed by atoms with Crippen LogP contribution in [-0.4, -0.2) is 30.6 Å². The average molecular weight is 250 g/mol. The smallest absolute Gasteiger partial charge is 0.00957 e. The topological polar surface area (TPSA) is 29.3 Å². The van der Waals surface area contributed by atoms with E-state index in [-0.39, 0.29) is 0 Å². The van der Waals surface area contributed by atoms with E-state index in [1.807, 2.05) is 0 Å². The molecule has 1 spiro atoms. The minimum Gasteiger partial charge on any atom is -0.330 e. The molecule has 2 nitrogen and oxygen atoms in total. The molecule has 2 N–H and O–H groups in total. The molecule has 3 aliphatic rings. The lowest BCUT2D eigenvalue weighted by Crippen LogP contribution is -2.46. The molecule has 1 unspecified atom stereocenters. The minimum absolute atomic E-state index is 0.779. The zero-order valence-corrected chi connectivity index (χ0v) is 11.9. The van der Waals surface area contributed by atoms with Crippen molar-refractivity contribution in [3.8, 4) is 0 Å². The molecule has 0 amide bonds. The van der Waals surface area contributed by atoms with Gasteiger partial charge >= 0.3 is 0 Å². The van der Waals surface area contributed by atoms with Crippen LogP contribution in [-0.2, 0) is 0 Å². The fourth-order valence-corrected chi connectivity index (χ4v) is 4.83. The van der Waals surface area contributed by atoms with Crippen molar-refractivity contribution in [1.29, 1.82) is 0 Å². The highest BCUT2D eigenvalue weighted by Gasteiger charge is 2.39. The zero-order chi connectivity index (χ0) is 12.4. The normalized spacial score (nSPS) is 34.2. The summed E-state index contributed by atoms with van der Waals surface area (Å²) in [7, 11) is 0. The van der Waals surface area contributed by atoms with Crippen LogP contribution in [0.3, 0.4) is 0 Å². The van der Waals surface area contributed by atoms with E-state index < -0.39 is 0 Å². The SMILES string of the molecule is NCC1CCCN(C2CCC3(CCCC3)CC2)C1. The Labute approximate surface area is 112 Å². The van der Waals surface area contributed by atoms with E-state index in [4.69, 9.17) is 5.73 Å². The van der Waals surface area contributed by atoms with E-state index in [1.165, 1.54) is 77.3 Å². The van der Waals surface area contributed by atoms with Crippen molar-refractivity contribution in [2.24, 2.45) is 17.1 Å². The predicted octanol–water partition coefficient (Wildman–Crippen LogP) is 3.16. The number of nitrogens with zero attached hydrogens (tertiary/aromatic N) is 1. The van der Waals surface area contributed by atoms with Gasteiger partial charge in [0.1, 0.15) is 0 Å². The van der Waals surface area contributed by atoms with Crippen LogP contribution in [0.15, 0.2) is 0 Å². The van der Waals surface area contributed by atoms with Crippen LogP contribution < -0.4 is 5.73 Å². The van der Waals surface area contributed by atoms with Crippen molar-refractivity contribution in [2.75, 3.05) is 19.6 Å². The van der Waals surface area contributed by atoms with Gasteiger partial charge in [-0.25, -0.2) is 0 Å². The van der Waals surface area contributed by atoms with Gasteiger partial charge in [0.15, 0.2) is 0 Å². The van der Waals surface area contributed by atoms with Crippen LogP contribution in [0.5, 0.6) is 0 Å². The summed E-state index contributed by atoms with van der Waals surface area (Å²) in [5.74, 6) is 0.779. The first-order valence-electron chi connectivity index (χ1n) is 8.25. The molecule has 104 valence electrons.